The van der Waals surface area contributed by atoms with Crippen LogP contribution in [0.5, 0.6) is 0 Å². The van der Waals surface area contributed by atoms with Crippen LogP contribution in [0.3, 0.4) is 0 Å². The van der Waals surface area contributed by atoms with Gasteiger partial charge in [0.2, 0.25) is 0 Å². The molecule has 2 aromatic heterocycles. The number of aliphatic carboxylic acids is 1. The first-order valence-electron chi connectivity index (χ1n) is 8.32. The molecule has 7 nitrogen and oxygen atoms in total. The van der Waals surface area contributed by atoms with E-state index >= 15 is 0 Å². The summed E-state index contributed by atoms with van der Waals surface area (Å²) in [4.78, 5) is 30.4. The maximum absolute atomic E-state index is 13.0. The van der Waals surface area contributed by atoms with Gasteiger partial charge in [-0.1, -0.05) is 6.92 Å². The predicted octanol–water partition coefficient (Wildman–Crippen LogP) is 2.40. The Balaban J connectivity index is 2.08. The van der Waals surface area contributed by atoms with E-state index in [4.69, 9.17) is 0 Å². The third-order valence-electron chi connectivity index (χ3n) is 4.73. The number of rotatable bonds is 4. The van der Waals surface area contributed by atoms with E-state index < -0.39 is 12.0 Å². The molecule has 7 heteroatoms. The predicted molar refractivity (Wildman–Crippen MR) is 89.0 cm³/mol. The van der Waals surface area contributed by atoms with E-state index in [2.05, 4.69) is 23.9 Å². The Bertz CT molecular complexity index is 798. The molecule has 1 N–H and O–H groups in total. The van der Waals surface area contributed by atoms with Crippen molar-refractivity contribution in [3.63, 3.8) is 0 Å². The van der Waals surface area contributed by atoms with Gasteiger partial charge in [-0.05, 0) is 39.2 Å². The molecule has 1 fully saturated rings. The minimum absolute atomic E-state index is 0.179. The summed E-state index contributed by atoms with van der Waals surface area (Å²) in [6.45, 7) is 6.43. The van der Waals surface area contributed by atoms with E-state index in [9.17, 15) is 14.7 Å². The maximum atomic E-state index is 13.0. The van der Waals surface area contributed by atoms with Crippen LogP contribution in [-0.4, -0.2) is 49.2 Å². The van der Waals surface area contributed by atoms with Gasteiger partial charge in [-0.15, -0.1) is 0 Å². The molecule has 2 aromatic rings. The minimum atomic E-state index is -0.946. The molecule has 1 aliphatic rings. The second-order valence-corrected chi connectivity index (χ2v) is 6.39. The molecule has 0 aromatic carbocycles. The van der Waals surface area contributed by atoms with Crippen LogP contribution in [0, 0.1) is 6.92 Å². The van der Waals surface area contributed by atoms with Crippen LogP contribution < -0.4 is 0 Å². The number of carboxylic acid groups (broad SMARTS) is 1. The van der Waals surface area contributed by atoms with Gasteiger partial charge >= 0.3 is 5.97 Å². The third kappa shape index (κ3) is 2.64. The lowest BCUT2D eigenvalue weighted by Crippen LogP contribution is -2.40. The lowest BCUT2D eigenvalue weighted by atomic mass is 10.1. The number of nitrogens with zero attached hydrogens (tertiary/aromatic N) is 4. The molecule has 128 valence electrons. The zero-order valence-electron chi connectivity index (χ0n) is 14.2. The van der Waals surface area contributed by atoms with E-state index in [1.54, 1.807) is 12.3 Å². The van der Waals surface area contributed by atoms with Crippen LogP contribution in [0.25, 0.3) is 11.0 Å². The highest BCUT2D eigenvalue weighted by atomic mass is 16.4. The van der Waals surface area contributed by atoms with Crippen molar-refractivity contribution in [2.45, 2.75) is 52.1 Å². The van der Waals surface area contributed by atoms with Gasteiger partial charge in [0, 0.05) is 12.2 Å². The van der Waals surface area contributed by atoms with Gasteiger partial charge in [-0.3, -0.25) is 4.79 Å². The number of pyridine rings is 1. The lowest BCUT2D eigenvalue weighted by Gasteiger charge is -2.22. The second-order valence-electron chi connectivity index (χ2n) is 6.39. The molecule has 24 heavy (non-hydrogen) atoms. The van der Waals surface area contributed by atoms with Crippen LogP contribution >= 0.6 is 0 Å². The number of aromatic nitrogens is 3. The van der Waals surface area contributed by atoms with Gasteiger partial charge in [0.15, 0.2) is 5.65 Å². The van der Waals surface area contributed by atoms with Gasteiger partial charge in [0.05, 0.1) is 23.2 Å². The number of carbonyl (C=O) groups is 2. The van der Waals surface area contributed by atoms with Crippen LogP contribution in [0.4, 0.5) is 0 Å². The van der Waals surface area contributed by atoms with Gasteiger partial charge in [-0.25, -0.2) is 14.5 Å². The van der Waals surface area contributed by atoms with Gasteiger partial charge in [0.1, 0.15) is 6.04 Å². The number of hydrogen-bond acceptors (Lipinski definition) is 4. The minimum Gasteiger partial charge on any atom is -0.480 e. The standard InChI is InChI=1S/C17H22N4O3/c1-4-11(3)21-15-13(9-18-21)12(8-10(2)19-15)16(22)20-7-5-6-14(20)17(23)24/h8-9,11,14H,4-7H2,1-3H3,(H,23,24)/t11-,14-/m1/s1. The number of likely N-dealkylation sites (tertiary alicyclic amines) is 1. The highest BCUT2D eigenvalue weighted by Crippen LogP contribution is 2.26. The fraction of sp³-hybridized carbons (Fsp3) is 0.529. The molecule has 0 spiro atoms. The van der Waals surface area contributed by atoms with Gasteiger partial charge in [0.25, 0.3) is 5.91 Å². The summed E-state index contributed by atoms with van der Waals surface area (Å²) >= 11 is 0. The summed E-state index contributed by atoms with van der Waals surface area (Å²) in [5, 5.41) is 14.4. The summed E-state index contributed by atoms with van der Waals surface area (Å²) < 4.78 is 1.83. The van der Waals surface area contributed by atoms with Crippen molar-refractivity contribution < 1.29 is 14.7 Å². The SMILES string of the molecule is CC[C@@H](C)n1ncc2c(C(=O)N3CCC[C@@H]3C(=O)O)cc(C)nc21. The molecule has 2 atom stereocenters. The molecule has 0 aliphatic carbocycles. The first kappa shape index (κ1) is 16.4. The molecular weight excluding hydrogens is 308 g/mol. The van der Waals surface area contributed by atoms with Crippen molar-refractivity contribution in [3.05, 3.63) is 23.5 Å². The van der Waals surface area contributed by atoms with Crippen LogP contribution in [0.15, 0.2) is 12.3 Å². The lowest BCUT2D eigenvalue weighted by molar-refractivity contribution is -0.141. The molecule has 0 saturated carbocycles. The summed E-state index contributed by atoms with van der Waals surface area (Å²) in [7, 11) is 0. The molecule has 0 unspecified atom stereocenters. The van der Waals surface area contributed by atoms with Crippen molar-refractivity contribution >= 4 is 22.9 Å². The second kappa shape index (κ2) is 6.22. The van der Waals surface area contributed by atoms with E-state index in [0.29, 0.717) is 36.0 Å². The van der Waals surface area contributed by atoms with Crippen molar-refractivity contribution in [2.24, 2.45) is 0 Å². The molecule has 3 heterocycles. The quantitative estimate of drug-likeness (QED) is 0.930. The highest BCUT2D eigenvalue weighted by molar-refractivity contribution is 6.06. The van der Waals surface area contributed by atoms with E-state index in [-0.39, 0.29) is 11.9 Å². The Morgan fingerprint density at radius 1 is 1.46 bits per heavy atom. The summed E-state index contributed by atoms with van der Waals surface area (Å²) in [5.41, 5.74) is 1.89. The smallest absolute Gasteiger partial charge is 0.326 e. The van der Waals surface area contributed by atoms with Crippen molar-refractivity contribution in [1.82, 2.24) is 19.7 Å². The van der Waals surface area contributed by atoms with Gasteiger partial charge < -0.3 is 10.0 Å². The number of hydrogen-bond donors (Lipinski definition) is 1. The third-order valence-corrected chi connectivity index (χ3v) is 4.73. The zero-order valence-corrected chi connectivity index (χ0v) is 14.2. The first-order valence-corrected chi connectivity index (χ1v) is 8.32. The summed E-state index contributed by atoms with van der Waals surface area (Å²) in [5.74, 6) is -1.20. The zero-order chi connectivity index (χ0) is 17.4. The maximum Gasteiger partial charge on any atom is 0.326 e. The van der Waals surface area contributed by atoms with Crippen LogP contribution in [0.1, 0.15) is 55.2 Å². The Morgan fingerprint density at radius 2 is 2.21 bits per heavy atom. The number of carbonyl (C=O) groups excluding carboxylic acids is 1. The van der Waals surface area contributed by atoms with Gasteiger partial charge in [-0.2, -0.15) is 5.10 Å². The normalized spacial score (nSPS) is 19.0. The van der Waals surface area contributed by atoms with E-state index in [1.807, 2.05) is 11.6 Å². The Kier molecular flexibility index (Phi) is 4.26. The Labute approximate surface area is 140 Å². The van der Waals surface area contributed by atoms with Crippen LogP contribution in [0.2, 0.25) is 0 Å². The number of amides is 1. The molecule has 3 rings (SSSR count). The number of aryl methyl sites for hydroxylation is 1. The topological polar surface area (TPSA) is 88.3 Å². The average molecular weight is 330 g/mol. The van der Waals surface area contributed by atoms with Crippen molar-refractivity contribution in [3.8, 4) is 0 Å². The Morgan fingerprint density at radius 3 is 2.88 bits per heavy atom. The van der Waals surface area contributed by atoms with E-state index in [1.165, 1.54) is 4.90 Å². The highest BCUT2D eigenvalue weighted by Gasteiger charge is 2.35. The fourth-order valence-electron chi connectivity index (χ4n) is 3.24. The van der Waals surface area contributed by atoms with E-state index in [0.717, 1.165) is 12.1 Å². The first-order chi connectivity index (χ1) is 11.4. The monoisotopic (exact) mass is 330 g/mol. The number of fused-ring (bicyclic) bond motifs is 1. The molecule has 0 bridgehead atoms. The molecule has 1 aliphatic heterocycles. The largest absolute Gasteiger partial charge is 0.480 e. The average Bonchev–Trinajstić information content (AvgIpc) is 3.19. The summed E-state index contributed by atoms with van der Waals surface area (Å²) in [6.07, 6.45) is 3.78. The molecule has 1 saturated heterocycles. The van der Waals surface area contributed by atoms with Crippen molar-refractivity contribution in [2.75, 3.05) is 6.54 Å². The molecular formula is C17H22N4O3. The summed E-state index contributed by atoms with van der Waals surface area (Å²) in [6, 6.07) is 1.16. The number of carboxylic acids is 1. The fourth-order valence-corrected chi connectivity index (χ4v) is 3.24. The van der Waals surface area contributed by atoms with Crippen molar-refractivity contribution in [1.29, 1.82) is 0 Å². The molecule has 1 amide bonds. The van der Waals surface area contributed by atoms with Crippen LogP contribution in [-0.2, 0) is 4.79 Å². The molecule has 0 radical (unpaired) electrons. The Hall–Kier alpha value is -2.44.